The summed E-state index contributed by atoms with van der Waals surface area (Å²) in [6.07, 6.45) is 5.78. The SMILES string of the molecule is Cn1nc(C2CCN(C(=O)CCS(=O)(=O)c3ccccc3)CC2)n(C2CCCC2)c1=O. The van der Waals surface area contributed by atoms with Crippen LogP contribution in [0.3, 0.4) is 0 Å². The summed E-state index contributed by atoms with van der Waals surface area (Å²) in [5, 5.41) is 4.53. The highest BCUT2D eigenvalue weighted by Gasteiger charge is 2.31. The number of nitrogens with zero attached hydrogens (tertiary/aromatic N) is 4. The summed E-state index contributed by atoms with van der Waals surface area (Å²) in [6, 6.07) is 8.48. The number of hydrogen-bond acceptors (Lipinski definition) is 5. The van der Waals surface area contributed by atoms with Crippen LogP contribution in [0.2, 0.25) is 0 Å². The Morgan fingerprint density at radius 3 is 2.35 bits per heavy atom. The molecular weight excluding hydrogens is 416 g/mol. The summed E-state index contributed by atoms with van der Waals surface area (Å²) in [6.45, 7) is 1.12. The zero-order valence-corrected chi connectivity index (χ0v) is 18.8. The van der Waals surface area contributed by atoms with Crippen molar-refractivity contribution in [2.24, 2.45) is 7.05 Å². The molecule has 1 aliphatic carbocycles. The minimum absolute atomic E-state index is 0.0156. The maximum atomic E-state index is 12.6. The van der Waals surface area contributed by atoms with Gasteiger partial charge < -0.3 is 4.90 Å². The second kappa shape index (κ2) is 8.98. The Morgan fingerprint density at radius 1 is 1.06 bits per heavy atom. The number of likely N-dealkylation sites (tertiary alicyclic amines) is 1. The first-order chi connectivity index (χ1) is 14.9. The van der Waals surface area contributed by atoms with Gasteiger partial charge in [0.25, 0.3) is 0 Å². The Bertz CT molecular complexity index is 1080. The number of rotatable bonds is 6. The number of amides is 1. The van der Waals surface area contributed by atoms with E-state index in [1.54, 1.807) is 42.3 Å². The molecule has 2 heterocycles. The Hall–Kier alpha value is -2.42. The van der Waals surface area contributed by atoms with Crippen LogP contribution in [-0.4, -0.2) is 52.4 Å². The summed E-state index contributed by atoms with van der Waals surface area (Å²) >= 11 is 0. The highest BCUT2D eigenvalue weighted by atomic mass is 32.2. The van der Waals surface area contributed by atoms with Crippen molar-refractivity contribution in [2.75, 3.05) is 18.8 Å². The molecule has 2 aromatic rings. The monoisotopic (exact) mass is 446 g/mol. The van der Waals surface area contributed by atoms with Crippen molar-refractivity contribution in [1.29, 1.82) is 0 Å². The molecule has 2 aliphatic rings. The van der Waals surface area contributed by atoms with Crippen molar-refractivity contribution in [3.63, 3.8) is 0 Å². The van der Waals surface area contributed by atoms with Gasteiger partial charge in [0.2, 0.25) is 5.91 Å². The topological polar surface area (TPSA) is 94.3 Å². The zero-order valence-electron chi connectivity index (χ0n) is 17.9. The van der Waals surface area contributed by atoms with Crippen LogP contribution in [0, 0.1) is 0 Å². The highest BCUT2D eigenvalue weighted by molar-refractivity contribution is 7.91. The molecule has 31 heavy (non-hydrogen) atoms. The van der Waals surface area contributed by atoms with Gasteiger partial charge in [0, 0.05) is 38.5 Å². The molecule has 1 aromatic carbocycles. The van der Waals surface area contributed by atoms with Crippen LogP contribution in [0.25, 0.3) is 0 Å². The van der Waals surface area contributed by atoms with E-state index < -0.39 is 9.84 Å². The third kappa shape index (κ3) is 4.61. The first-order valence-electron chi connectivity index (χ1n) is 11.1. The van der Waals surface area contributed by atoms with Gasteiger partial charge in [-0.1, -0.05) is 31.0 Å². The van der Waals surface area contributed by atoms with Crippen LogP contribution >= 0.6 is 0 Å². The van der Waals surface area contributed by atoms with Crippen molar-refractivity contribution in [1.82, 2.24) is 19.2 Å². The summed E-state index contributed by atoms with van der Waals surface area (Å²) in [7, 11) is -1.77. The lowest BCUT2D eigenvalue weighted by molar-refractivity contribution is -0.131. The Kier molecular flexibility index (Phi) is 6.31. The van der Waals surface area contributed by atoms with Crippen LogP contribution in [0.1, 0.15) is 62.7 Å². The molecule has 1 aromatic heterocycles. The zero-order chi connectivity index (χ0) is 22.0. The lowest BCUT2D eigenvalue weighted by atomic mass is 9.95. The second-order valence-corrected chi connectivity index (χ2v) is 10.7. The summed E-state index contributed by atoms with van der Waals surface area (Å²) in [5.41, 5.74) is -0.0495. The van der Waals surface area contributed by atoms with E-state index in [2.05, 4.69) is 5.10 Å². The minimum atomic E-state index is -3.46. The Balaban J connectivity index is 1.36. The standard InChI is InChI=1S/C22H30N4O4S/c1-24-22(28)26(18-7-5-6-8-18)21(23-24)17-11-14-25(15-12-17)20(27)13-16-31(29,30)19-9-3-2-4-10-19/h2-4,9-10,17-18H,5-8,11-16H2,1H3. The maximum absolute atomic E-state index is 12.6. The van der Waals surface area contributed by atoms with Crippen molar-refractivity contribution < 1.29 is 13.2 Å². The largest absolute Gasteiger partial charge is 0.345 e. The molecule has 1 aliphatic heterocycles. The molecular formula is C22H30N4O4S. The number of carbonyl (C=O) groups is 1. The molecule has 0 radical (unpaired) electrons. The van der Waals surface area contributed by atoms with E-state index in [1.165, 1.54) is 4.68 Å². The summed E-state index contributed by atoms with van der Waals surface area (Å²) < 4.78 is 28.2. The average molecular weight is 447 g/mol. The predicted molar refractivity (Wildman–Crippen MR) is 117 cm³/mol. The summed E-state index contributed by atoms with van der Waals surface area (Å²) in [4.78, 5) is 27.3. The number of aromatic nitrogens is 3. The van der Waals surface area contributed by atoms with E-state index in [4.69, 9.17) is 0 Å². The predicted octanol–water partition coefficient (Wildman–Crippen LogP) is 2.27. The third-order valence-electron chi connectivity index (χ3n) is 6.57. The van der Waals surface area contributed by atoms with Gasteiger partial charge in [-0.05, 0) is 37.8 Å². The molecule has 168 valence electrons. The fraction of sp³-hybridized carbons (Fsp3) is 0.591. The van der Waals surface area contributed by atoms with Gasteiger partial charge in [0.05, 0.1) is 10.6 Å². The van der Waals surface area contributed by atoms with Crippen molar-refractivity contribution >= 4 is 15.7 Å². The van der Waals surface area contributed by atoms with E-state index in [0.717, 1.165) is 44.3 Å². The van der Waals surface area contributed by atoms with Gasteiger partial charge in [-0.3, -0.25) is 9.36 Å². The van der Waals surface area contributed by atoms with Gasteiger partial charge in [-0.15, -0.1) is 0 Å². The number of benzene rings is 1. The van der Waals surface area contributed by atoms with Crippen molar-refractivity contribution in [2.45, 2.75) is 61.8 Å². The smallest absolute Gasteiger partial charge is 0.343 e. The van der Waals surface area contributed by atoms with Crippen LogP contribution in [0.4, 0.5) is 0 Å². The van der Waals surface area contributed by atoms with E-state index >= 15 is 0 Å². The van der Waals surface area contributed by atoms with E-state index in [-0.39, 0.29) is 40.6 Å². The van der Waals surface area contributed by atoms with Crippen LogP contribution in [0.15, 0.2) is 40.0 Å². The highest BCUT2D eigenvalue weighted by Crippen LogP contribution is 2.33. The molecule has 1 saturated carbocycles. The van der Waals surface area contributed by atoms with Gasteiger partial charge in [-0.2, -0.15) is 5.10 Å². The minimum Gasteiger partial charge on any atom is -0.343 e. The normalized spacial score (nSPS) is 18.5. The molecule has 0 atom stereocenters. The number of hydrogen-bond donors (Lipinski definition) is 0. The lowest BCUT2D eigenvalue weighted by Gasteiger charge is -2.32. The van der Waals surface area contributed by atoms with Crippen LogP contribution in [0.5, 0.6) is 0 Å². The molecule has 8 nitrogen and oxygen atoms in total. The molecule has 0 unspecified atom stereocenters. The van der Waals surface area contributed by atoms with Crippen molar-refractivity contribution in [3.8, 4) is 0 Å². The number of sulfone groups is 1. The number of aryl methyl sites for hydroxylation is 1. The molecule has 9 heteroatoms. The van der Waals surface area contributed by atoms with E-state index in [9.17, 15) is 18.0 Å². The number of piperidine rings is 1. The maximum Gasteiger partial charge on any atom is 0.345 e. The van der Waals surface area contributed by atoms with Crippen LogP contribution < -0.4 is 5.69 Å². The fourth-order valence-corrected chi connectivity index (χ4v) is 6.05. The van der Waals surface area contributed by atoms with Gasteiger partial charge in [0.1, 0.15) is 5.82 Å². The molecule has 1 saturated heterocycles. The third-order valence-corrected chi connectivity index (χ3v) is 8.30. The van der Waals surface area contributed by atoms with Crippen LogP contribution in [-0.2, 0) is 21.7 Å². The molecule has 0 N–H and O–H groups in total. The van der Waals surface area contributed by atoms with Gasteiger partial charge in [0.15, 0.2) is 9.84 Å². The Morgan fingerprint density at radius 2 is 1.71 bits per heavy atom. The second-order valence-electron chi connectivity index (χ2n) is 8.61. The molecule has 1 amide bonds. The lowest BCUT2D eigenvalue weighted by Crippen LogP contribution is -2.39. The van der Waals surface area contributed by atoms with Gasteiger partial charge in [-0.25, -0.2) is 17.9 Å². The summed E-state index contributed by atoms with van der Waals surface area (Å²) in [5.74, 6) is 0.675. The fourth-order valence-electron chi connectivity index (χ4n) is 4.80. The van der Waals surface area contributed by atoms with E-state index in [1.807, 2.05) is 4.57 Å². The molecule has 2 fully saturated rings. The number of carbonyl (C=O) groups excluding carboxylic acids is 1. The van der Waals surface area contributed by atoms with Crippen molar-refractivity contribution in [3.05, 3.63) is 46.6 Å². The Labute approximate surface area is 182 Å². The first-order valence-corrected chi connectivity index (χ1v) is 12.7. The molecule has 0 spiro atoms. The molecule has 4 rings (SSSR count). The van der Waals surface area contributed by atoms with Gasteiger partial charge >= 0.3 is 5.69 Å². The first kappa shape index (κ1) is 21.8. The molecule has 0 bridgehead atoms. The quantitative estimate of drug-likeness (QED) is 0.678. The van der Waals surface area contributed by atoms with E-state index in [0.29, 0.717) is 13.1 Å². The average Bonchev–Trinajstić information content (AvgIpc) is 3.41.